The van der Waals surface area contributed by atoms with E-state index in [2.05, 4.69) is 25.8 Å². The minimum absolute atomic E-state index is 0.156. The van der Waals surface area contributed by atoms with Gasteiger partial charge in [0.25, 0.3) is 0 Å². The summed E-state index contributed by atoms with van der Waals surface area (Å²) in [5.41, 5.74) is 2.70. The number of rotatable bonds is 7. The zero-order valence-corrected chi connectivity index (χ0v) is 21.4. The maximum absolute atomic E-state index is 12.6. The highest BCUT2D eigenvalue weighted by Gasteiger charge is 2.32. The predicted octanol–water partition coefficient (Wildman–Crippen LogP) is 3.28. The third-order valence-electron chi connectivity index (χ3n) is 7.43. The van der Waals surface area contributed by atoms with Crippen LogP contribution in [-0.2, 0) is 9.84 Å². The first-order chi connectivity index (χ1) is 16.8. The van der Waals surface area contributed by atoms with Crippen molar-refractivity contribution in [3.63, 3.8) is 0 Å². The quantitative estimate of drug-likeness (QED) is 0.503. The van der Waals surface area contributed by atoms with Gasteiger partial charge in [-0.1, -0.05) is 6.92 Å². The lowest BCUT2D eigenvalue weighted by Gasteiger charge is -2.37. The molecule has 1 aliphatic carbocycles. The molecule has 0 bridgehead atoms. The van der Waals surface area contributed by atoms with Crippen LogP contribution in [0.4, 0.5) is 11.5 Å². The number of nitrogens with one attached hydrogen (secondary N) is 1. The molecule has 3 heterocycles. The first-order valence-corrected chi connectivity index (χ1v) is 14.2. The molecule has 8 nitrogen and oxygen atoms in total. The summed E-state index contributed by atoms with van der Waals surface area (Å²) >= 11 is 0. The Morgan fingerprint density at radius 3 is 2.29 bits per heavy atom. The van der Waals surface area contributed by atoms with Crippen molar-refractivity contribution in [3.8, 4) is 0 Å². The van der Waals surface area contributed by atoms with Gasteiger partial charge in [0.2, 0.25) is 0 Å². The molecule has 35 heavy (non-hydrogen) atoms. The predicted molar refractivity (Wildman–Crippen MR) is 139 cm³/mol. The lowest BCUT2D eigenvalue weighted by atomic mass is 9.87. The number of benzene rings is 1. The minimum atomic E-state index is -3.19. The second-order valence-corrected chi connectivity index (χ2v) is 11.6. The summed E-state index contributed by atoms with van der Waals surface area (Å²) in [6, 6.07) is 12.1. The fourth-order valence-electron chi connectivity index (χ4n) is 5.13. The van der Waals surface area contributed by atoms with E-state index in [1.54, 1.807) is 12.1 Å². The molecule has 1 aliphatic heterocycles. The van der Waals surface area contributed by atoms with Crippen molar-refractivity contribution < 1.29 is 13.2 Å². The number of Topliss-reactive ketones (excluding diaryl/α,β-unsaturated/α-hetero) is 1. The van der Waals surface area contributed by atoms with Crippen LogP contribution in [0.1, 0.15) is 42.6 Å². The average Bonchev–Trinajstić information content (AvgIpc) is 3.21. The van der Waals surface area contributed by atoms with Crippen molar-refractivity contribution in [2.45, 2.75) is 43.2 Å². The lowest BCUT2D eigenvalue weighted by molar-refractivity contribution is 0.0989. The number of pyridine rings is 1. The van der Waals surface area contributed by atoms with Crippen LogP contribution in [0.2, 0.25) is 0 Å². The van der Waals surface area contributed by atoms with Crippen molar-refractivity contribution in [2.24, 2.45) is 0 Å². The molecule has 3 aromatic rings. The molecule has 1 aromatic carbocycles. The van der Waals surface area contributed by atoms with Crippen molar-refractivity contribution >= 4 is 38.2 Å². The second-order valence-electron chi connectivity index (χ2n) is 9.62. The van der Waals surface area contributed by atoms with E-state index in [1.165, 1.54) is 6.26 Å². The van der Waals surface area contributed by atoms with E-state index >= 15 is 0 Å². The van der Waals surface area contributed by atoms with Gasteiger partial charge in [-0.25, -0.2) is 13.4 Å². The fourth-order valence-corrected chi connectivity index (χ4v) is 5.76. The van der Waals surface area contributed by atoms with Gasteiger partial charge in [-0.15, -0.1) is 0 Å². The Bertz CT molecular complexity index is 1340. The monoisotopic (exact) mass is 495 g/mol. The maximum Gasteiger partial charge on any atom is 0.175 e. The van der Waals surface area contributed by atoms with E-state index in [-0.39, 0.29) is 5.78 Å². The zero-order chi connectivity index (χ0) is 24.7. The van der Waals surface area contributed by atoms with Crippen LogP contribution in [0.5, 0.6) is 0 Å². The van der Waals surface area contributed by atoms with Gasteiger partial charge in [0.1, 0.15) is 11.5 Å². The van der Waals surface area contributed by atoms with Gasteiger partial charge in [-0.2, -0.15) is 0 Å². The first-order valence-electron chi connectivity index (χ1n) is 12.3. The van der Waals surface area contributed by atoms with Gasteiger partial charge in [-0.3, -0.25) is 4.79 Å². The number of piperazine rings is 1. The molecule has 2 fully saturated rings. The van der Waals surface area contributed by atoms with Gasteiger partial charge < -0.3 is 19.7 Å². The number of ketones is 1. The van der Waals surface area contributed by atoms with Crippen LogP contribution in [0, 0.1) is 0 Å². The van der Waals surface area contributed by atoms with Crippen LogP contribution >= 0.6 is 0 Å². The SMILES string of the molecule is CCC(=O)c1cn(C2CC(NC)C2)c2nc(N3CCN(c4ccc(S(C)(=O)=O)cc4)CC3)ccc12. The molecular formula is C26H33N5O3S. The first kappa shape index (κ1) is 23.8. The average molecular weight is 496 g/mol. The molecule has 0 amide bonds. The number of sulfone groups is 1. The Hall–Kier alpha value is -2.91. The lowest BCUT2D eigenvalue weighted by Crippen LogP contribution is -2.46. The number of anilines is 2. The molecule has 0 spiro atoms. The highest BCUT2D eigenvalue weighted by molar-refractivity contribution is 7.90. The molecule has 5 rings (SSSR count). The fraction of sp³-hybridized carbons (Fsp3) is 0.462. The van der Waals surface area contributed by atoms with Gasteiger partial charge in [0.15, 0.2) is 15.6 Å². The van der Waals surface area contributed by atoms with E-state index < -0.39 is 9.84 Å². The third kappa shape index (κ3) is 4.54. The number of hydrogen-bond donors (Lipinski definition) is 1. The van der Waals surface area contributed by atoms with Crippen molar-refractivity contribution in [2.75, 3.05) is 49.3 Å². The van der Waals surface area contributed by atoms with Crippen LogP contribution < -0.4 is 15.1 Å². The Labute approximate surface area is 206 Å². The summed E-state index contributed by atoms with van der Waals surface area (Å²) in [7, 11) is -1.20. The molecule has 1 N–H and O–H groups in total. The molecular weight excluding hydrogens is 462 g/mol. The molecule has 0 atom stereocenters. The smallest absolute Gasteiger partial charge is 0.175 e. The molecule has 0 unspecified atom stereocenters. The Balaban J connectivity index is 1.35. The van der Waals surface area contributed by atoms with Gasteiger partial charge in [-0.05, 0) is 56.3 Å². The van der Waals surface area contributed by atoms with Gasteiger partial charge >= 0.3 is 0 Å². The summed E-state index contributed by atoms with van der Waals surface area (Å²) in [4.78, 5) is 22.6. The molecule has 1 saturated carbocycles. The summed E-state index contributed by atoms with van der Waals surface area (Å²) in [5, 5.41) is 4.28. The highest BCUT2D eigenvalue weighted by Crippen LogP contribution is 2.37. The topological polar surface area (TPSA) is 87.5 Å². The standard InChI is InChI=1S/C26H33N5O3S/c1-4-24(32)23-17-31(20-15-18(16-20)27-2)26-22(23)9-10-25(28-26)30-13-11-29(12-14-30)19-5-7-21(8-6-19)35(3,33)34/h5-10,17-18,20,27H,4,11-16H2,1-3H3. The molecule has 9 heteroatoms. The molecule has 2 aromatic heterocycles. The van der Waals surface area contributed by atoms with Crippen LogP contribution in [-0.4, -0.2) is 69.3 Å². The third-order valence-corrected chi connectivity index (χ3v) is 8.56. The van der Waals surface area contributed by atoms with E-state index in [4.69, 9.17) is 4.98 Å². The number of hydrogen-bond acceptors (Lipinski definition) is 7. The van der Waals surface area contributed by atoms with E-state index in [0.717, 1.165) is 67.1 Å². The maximum atomic E-state index is 12.6. The Morgan fingerprint density at radius 1 is 1.03 bits per heavy atom. The zero-order valence-electron chi connectivity index (χ0n) is 20.6. The molecule has 186 valence electrons. The summed E-state index contributed by atoms with van der Waals surface area (Å²) in [5.74, 6) is 1.09. The van der Waals surface area contributed by atoms with Crippen molar-refractivity contribution in [1.82, 2.24) is 14.9 Å². The number of aromatic nitrogens is 2. The highest BCUT2D eigenvalue weighted by atomic mass is 32.2. The van der Waals surface area contributed by atoms with Gasteiger partial charge in [0.05, 0.1) is 4.90 Å². The largest absolute Gasteiger partial charge is 0.368 e. The Morgan fingerprint density at radius 2 is 1.69 bits per heavy atom. The van der Waals surface area contributed by atoms with E-state index in [1.807, 2.05) is 38.4 Å². The molecule has 0 radical (unpaired) electrons. The second kappa shape index (κ2) is 9.28. The molecule has 1 saturated heterocycles. The minimum Gasteiger partial charge on any atom is -0.368 e. The molecule has 2 aliphatic rings. The summed E-state index contributed by atoms with van der Waals surface area (Å²) < 4.78 is 25.7. The number of fused-ring (bicyclic) bond motifs is 1. The Kier molecular flexibility index (Phi) is 6.31. The summed E-state index contributed by atoms with van der Waals surface area (Å²) in [6.07, 6.45) is 5.82. The van der Waals surface area contributed by atoms with Crippen molar-refractivity contribution in [1.29, 1.82) is 0 Å². The van der Waals surface area contributed by atoms with E-state index in [0.29, 0.717) is 23.4 Å². The number of carbonyl (C=O) groups excluding carboxylic acids is 1. The summed E-state index contributed by atoms with van der Waals surface area (Å²) in [6.45, 7) is 5.19. The van der Waals surface area contributed by atoms with Crippen LogP contribution in [0.3, 0.4) is 0 Å². The van der Waals surface area contributed by atoms with Crippen LogP contribution in [0.25, 0.3) is 11.0 Å². The van der Waals surface area contributed by atoms with E-state index in [9.17, 15) is 13.2 Å². The van der Waals surface area contributed by atoms with Crippen LogP contribution in [0.15, 0.2) is 47.5 Å². The van der Waals surface area contributed by atoms with Gasteiger partial charge in [0, 0.05) is 73.8 Å². The number of carbonyl (C=O) groups is 1. The number of nitrogens with zero attached hydrogens (tertiary/aromatic N) is 4. The normalized spacial score (nSPS) is 20.8. The van der Waals surface area contributed by atoms with Crippen molar-refractivity contribution in [3.05, 3.63) is 48.2 Å².